The molecule has 0 fully saturated rings. The summed E-state index contributed by atoms with van der Waals surface area (Å²) in [5.41, 5.74) is 3.96. The van der Waals surface area contributed by atoms with Gasteiger partial charge in [0.05, 0.1) is 22.2 Å². The maximum absolute atomic E-state index is 13.1. The number of nitrogens with zero attached hydrogens (tertiary/aromatic N) is 2. The lowest BCUT2D eigenvalue weighted by Crippen LogP contribution is -2.45. The predicted molar refractivity (Wildman–Crippen MR) is 123 cm³/mol. The highest BCUT2D eigenvalue weighted by atomic mass is 32.1. The molecule has 5 rings (SSSR count). The molecule has 2 heterocycles. The second-order valence-corrected chi connectivity index (χ2v) is 9.81. The first-order chi connectivity index (χ1) is 14.4. The third-order valence-corrected chi connectivity index (χ3v) is 6.59. The van der Waals surface area contributed by atoms with Gasteiger partial charge in [-0.2, -0.15) is 0 Å². The molecular weight excluding hydrogens is 392 g/mol. The van der Waals surface area contributed by atoms with Gasteiger partial charge in [0.1, 0.15) is 5.78 Å². The molecule has 152 valence electrons. The Morgan fingerprint density at radius 1 is 1.13 bits per heavy atom. The lowest BCUT2D eigenvalue weighted by molar-refractivity contribution is -0.124. The number of fused-ring (bicyclic) bond motifs is 2. The number of guanidine groups is 1. The van der Waals surface area contributed by atoms with E-state index in [1.165, 1.54) is 5.56 Å². The number of aliphatic imine (C=N–C) groups is 1. The number of benzene rings is 2. The fraction of sp³-hybridized carbons (Fsp3) is 0.292. The van der Waals surface area contributed by atoms with E-state index >= 15 is 0 Å². The highest BCUT2D eigenvalue weighted by Gasteiger charge is 2.42. The van der Waals surface area contributed by atoms with Gasteiger partial charge in [0.15, 0.2) is 5.13 Å². The first-order valence-corrected chi connectivity index (χ1v) is 11.0. The van der Waals surface area contributed by atoms with E-state index in [4.69, 9.17) is 4.99 Å². The lowest BCUT2D eigenvalue weighted by Gasteiger charge is -2.38. The average Bonchev–Trinajstić information content (AvgIpc) is 3.09. The summed E-state index contributed by atoms with van der Waals surface area (Å²) in [5, 5.41) is 7.52. The maximum atomic E-state index is 13.1. The number of anilines is 1. The maximum Gasteiger partial charge on any atom is 0.202 e. The Morgan fingerprint density at radius 2 is 1.90 bits per heavy atom. The van der Waals surface area contributed by atoms with Crippen LogP contribution in [0.25, 0.3) is 10.2 Å². The second-order valence-electron chi connectivity index (χ2n) is 8.78. The van der Waals surface area contributed by atoms with E-state index in [-0.39, 0.29) is 23.2 Å². The van der Waals surface area contributed by atoms with E-state index in [1.54, 1.807) is 11.3 Å². The van der Waals surface area contributed by atoms with Gasteiger partial charge in [0.2, 0.25) is 5.96 Å². The third kappa shape index (κ3) is 3.52. The van der Waals surface area contributed by atoms with Crippen LogP contribution >= 0.6 is 11.3 Å². The van der Waals surface area contributed by atoms with Gasteiger partial charge in [0.25, 0.3) is 0 Å². The summed E-state index contributed by atoms with van der Waals surface area (Å²) in [6, 6.07) is 16.1. The molecular formula is C24H24N4OS. The largest absolute Gasteiger partial charge is 0.329 e. The van der Waals surface area contributed by atoms with Gasteiger partial charge < -0.3 is 10.6 Å². The van der Waals surface area contributed by atoms with Crippen molar-refractivity contribution >= 4 is 38.4 Å². The van der Waals surface area contributed by atoms with Crippen molar-refractivity contribution in [3.8, 4) is 0 Å². The number of thiazole rings is 1. The normalized spacial score (nSPS) is 22.7. The molecule has 6 heteroatoms. The quantitative estimate of drug-likeness (QED) is 0.601. The fourth-order valence-electron chi connectivity index (χ4n) is 4.26. The number of hydrogen-bond acceptors (Lipinski definition) is 6. The monoisotopic (exact) mass is 416 g/mol. The summed E-state index contributed by atoms with van der Waals surface area (Å²) < 4.78 is 1.12. The van der Waals surface area contributed by atoms with Crippen molar-refractivity contribution in [2.75, 3.05) is 5.32 Å². The van der Waals surface area contributed by atoms with E-state index in [1.807, 2.05) is 18.2 Å². The zero-order valence-electron chi connectivity index (χ0n) is 17.3. The predicted octanol–water partition coefficient (Wildman–Crippen LogP) is 5.22. The summed E-state index contributed by atoms with van der Waals surface area (Å²) in [6.45, 7) is 6.27. The molecule has 0 bridgehead atoms. The number of ketones is 1. The minimum atomic E-state index is -0.276. The molecule has 2 atom stereocenters. The van der Waals surface area contributed by atoms with Gasteiger partial charge in [-0.3, -0.25) is 4.79 Å². The fourth-order valence-corrected chi connectivity index (χ4v) is 5.12. The molecule has 0 unspecified atom stereocenters. The van der Waals surface area contributed by atoms with Crippen LogP contribution in [0.2, 0.25) is 0 Å². The highest BCUT2D eigenvalue weighted by Crippen LogP contribution is 2.42. The number of aromatic nitrogens is 1. The Bertz CT molecular complexity index is 1160. The smallest absolute Gasteiger partial charge is 0.202 e. The standard InChI is InChI=1S/C24H24N4OS/c1-14-8-10-15(11-9-14)21-20-17(12-24(2,3)13-18(20)29)25-22(27-21)28-23-26-16-6-4-5-7-19(16)30-23/h4-12,20-21H,13H2,1-3H3,(H2,25,26,27,28)/t20-,21-/m0/s1. The van der Waals surface area contributed by atoms with E-state index in [0.29, 0.717) is 12.4 Å². The van der Waals surface area contributed by atoms with E-state index in [2.05, 4.69) is 72.8 Å². The second kappa shape index (κ2) is 7.06. The van der Waals surface area contributed by atoms with Crippen LogP contribution in [0.3, 0.4) is 0 Å². The molecule has 5 nitrogen and oxygen atoms in total. The number of carbonyl (C=O) groups is 1. The van der Waals surface area contributed by atoms with Crippen LogP contribution in [-0.4, -0.2) is 16.7 Å². The van der Waals surface area contributed by atoms with Crippen LogP contribution in [0.4, 0.5) is 5.13 Å². The van der Waals surface area contributed by atoms with E-state index in [9.17, 15) is 4.79 Å². The van der Waals surface area contributed by atoms with Crippen molar-refractivity contribution in [3.05, 3.63) is 71.4 Å². The number of aryl methyl sites for hydroxylation is 1. The SMILES string of the molecule is Cc1ccc([C@@H]2N=C(Nc3nc4ccccc4s3)NC3=CC(C)(C)CC(=O)[C@H]32)cc1. The minimum Gasteiger partial charge on any atom is -0.329 e. The molecule has 0 spiro atoms. The van der Waals surface area contributed by atoms with E-state index in [0.717, 1.165) is 26.6 Å². The Balaban J connectivity index is 1.55. The topological polar surface area (TPSA) is 66.4 Å². The number of allylic oxidation sites excluding steroid dienone is 1. The molecule has 0 amide bonds. The van der Waals surface area contributed by atoms with Crippen LogP contribution in [-0.2, 0) is 4.79 Å². The average molecular weight is 417 g/mol. The van der Waals surface area contributed by atoms with Crippen molar-refractivity contribution in [1.82, 2.24) is 10.3 Å². The van der Waals surface area contributed by atoms with Gasteiger partial charge in [-0.25, -0.2) is 9.98 Å². The number of Topliss-reactive ketones (excluding diaryl/α,β-unsaturated/α-hetero) is 1. The number of para-hydroxylation sites is 1. The van der Waals surface area contributed by atoms with Crippen LogP contribution in [0.5, 0.6) is 0 Å². The van der Waals surface area contributed by atoms with Crippen LogP contribution in [0.1, 0.15) is 37.4 Å². The van der Waals surface area contributed by atoms with Crippen molar-refractivity contribution in [3.63, 3.8) is 0 Å². The van der Waals surface area contributed by atoms with Crippen LogP contribution in [0.15, 0.2) is 65.3 Å². The Kier molecular flexibility index (Phi) is 4.47. The highest BCUT2D eigenvalue weighted by molar-refractivity contribution is 7.22. The number of rotatable bonds is 2. The number of hydrogen-bond donors (Lipinski definition) is 2. The Morgan fingerprint density at radius 3 is 2.67 bits per heavy atom. The zero-order valence-corrected chi connectivity index (χ0v) is 18.1. The van der Waals surface area contributed by atoms with Crippen molar-refractivity contribution in [2.24, 2.45) is 16.3 Å². The molecule has 3 aromatic rings. The van der Waals surface area contributed by atoms with Crippen LogP contribution in [0, 0.1) is 18.3 Å². The lowest BCUT2D eigenvalue weighted by atomic mass is 9.72. The zero-order chi connectivity index (χ0) is 20.9. The summed E-state index contributed by atoms with van der Waals surface area (Å²) in [6.07, 6.45) is 2.72. The minimum absolute atomic E-state index is 0.175. The van der Waals surface area contributed by atoms with Gasteiger partial charge in [0, 0.05) is 12.1 Å². The molecule has 0 radical (unpaired) electrons. The molecule has 1 aliphatic heterocycles. The summed E-state index contributed by atoms with van der Waals surface area (Å²) in [7, 11) is 0. The molecule has 2 N–H and O–H groups in total. The van der Waals surface area contributed by atoms with Crippen LogP contribution < -0.4 is 10.6 Å². The summed E-state index contributed by atoms with van der Waals surface area (Å²) >= 11 is 1.59. The number of carbonyl (C=O) groups excluding carboxylic acids is 1. The first kappa shape index (κ1) is 19.0. The Labute approximate surface area is 179 Å². The summed E-state index contributed by atoms with van der Waals surface area (Å²) in [4.78, 5) is 22.7. The molecule has 0 saturated carbocycles. The van der Waals surface area contributed by atoms with Gasteiger partial charge in [-0.05, 0) is 30.0 Å². The first-order valence-electron chi connectivity index (χ1n) is 10.2. The van der Waals surface area contributed by atoms with Gasteiger partial charge >= 0.3 is 0 Å². The molecule has 30 heavy (non-hydrogen) atoms. The van der Waals surface area contributed by atoms with Gasteiger partial charge in [-0.1, -0.05) is 73.2 Å². The molecule has 0 saturated heterocycles. The van der Waals surface area contributed by atoms with Crippen molar-refractivity contribution in [2.45, 2.75) is 33.2 Å². The van der Waals surface area contributed by atoms with Crippen molar-refractivity contribution in [1.29, 1.82) is 0 Å². The third-order valence-electron chi connectivity index (χ3n) is 5.64. The van der Waals surface area contributed by atoms with Crippen molar-refractivity contribution < 1.29 is 4.79 Å². The van der Waals surface area contributed by atoms with Gasteiger partial charge in [-0.15, -0.1) is 0 Å². The molecule has 2 aliphatic rings. The molecule has 1 aromatic heterocycles. The molecule has 1 aliphatic carbocycles. The molecule has 2 aromatic carbocycles. The Hall–Kier alpha value is -2.99. The van der Waals surface area contributed by atoms with E-state index < -0.39 is 0 Å². The summed E-state index contributed by atoms with van der Waals surface area (Å²) in [5.74, 6) is 0.590. The number of nitrogens with one attached hydrogen (secondary N) is 2.